The van der Waals surface area contributed by atoms with Crippen molar-refractivity contribution in [3.05, 3.63) is 29.3 Å². The van der Waals surface area contributed by atoms with Gasteiger partial charge in [-0.05, 0) is 12.1 Å². The molecule has 0 atom stereocenters. The molecule has 5 heteroatoms. The van der Waals surface area contributed by atoms with Gasteiger partial charge in [-0.15, -0.1) is 11.6 Å². The van der Waals surface area contributed by atoms with Gasteiger partial charge in [0, 0.05) is 19.3 Å². The van der Waals surface area contributed by atoms with Gasteiger partial charge in [0.15, 0.2) is 0 Å². The summed E-state index contributed by atoms with van der Waals surface area (Å²) in [5.74, 6) is 0.990. The van der Waals surface area contributed by atoms with Gasteiger partial charge < -0.3 is 9.64 Å². The van der Waals surface area contributed by atoms with Crippen LogP contribution in [-0.4, -0.2) is 36.9 Å². The third-order valence-corrected chi connectivity index (χ3v) is 2.76. The van der Waals surface area contributed by atoms with E-state index in [2.05, 4.69) is 0 Å². The second-order valence-electron chi connectivity index (χ2n) is 3.53. The summed E-state index contributed by atoms with van der Waals surface area (Å²) in [6.07, 6.45) is 0.351. The molecule has 0 aliphatic carbocycles. The zero-order valence-electron chi connectivity index (χ0n) is 9.66. The zero-order chi connectivity index (χ0) is 12.7. The first-order chi connectivity index (χ1) is 8.15. The molecule has 0 radical (unpaired) electrons. The Hall–Kier alpha value is -0.930. The first-order valence-electron chi connectivity index (χ1n) is 5.32. The number of alkyl halides is 1. The van der Waals surface area contributed by atoms with Gasteiger partial charge in [-0.3, -0.25) is 4.79 Å². The van der Waals surface area contributed by atoms with Crippen LogP contribution in [0.4, 0.5) is 0 Å². The Labute approximate surface area is 111 Å². The minimum Gasteiger partial charge on any atom is -0.490 e. The molecular formula is C12H15Cl2NO2. The first-order valence-corrected chi connectivity index (χ1v) is 6.23. The van der Waals surface area contributed by atoms with E-state index in [4.69, 9.17) is 27.9 Å². The van der Waals surface area contributed by atoms with Gasteiger partial charge >= 0.3 is 0 Å². The largest absolute Gasteiger partial charge is 0.490 e. The third kappa shape index (κ3) is 4.84. The van der Waals surface area contributed by atoms with Crippen molar-refractivity contribution >= 4 is 29.1 Å². The Bertz CT molecular complexity index is 371. The fourth-order valence-electron chi connectivity index (χ4n) is 1.25. The minimum absolute atomic E-state index is 0.0164. The van der Waals surface area contributed by atoms with Crippen molar-refractivity contribution in [2.24, 2.45) is 0 Å². The molecule has 0 aromatic heterocycles. The van der Waals surface area contributed by atoms with E-state index in [9.17, 15) is 4.79 Å². The molecule has 0 fully saturated rings. The summed E-state index contributed by atoms with van der Waals surface area (Å²) in [6, 6.07) is 7.25. The maximum atomic E-state index is 11.4. The van der Waals surface area contributed by atoms with E-state index >= 15 is 0 Å². The van der Waals surface area contributed by atoms with Gasteiger partial charge in [0.25, 0.3) is 0 Å². The Balaban J connectivity index is 2.33. The van der Waals surface area contributed by atoms with E-state index in [1.54, 1.807) is 24.1 Å². The molecule has 3 nitrogen and oxygen atoms in total. The lowest BCUT2D eigenvalue weighted by molar-refractivity contribution is -0.129. The average molecular weight is 276 g/mol. The molecule has 0 heterocycles. The molecule has 1 amide bonds. The molecule has 0 saturated carbocycles. The highest BCUT2D eigenvalue weighted by Gasteiger charge is 2.07. The number of amides is 1. The highest BCUT2D eigenvalue weighted by Crippen LogP contribution is 2.22. The molecule has 94 valence electrons. The topological polar surface area (TPSA) is 29.5 Å². The quantitative estimate of drug-likeness (QED) is 0.748. The summed E-state index contributed by atoms with van der Waals surface area (Å²) in [5, 5.41) is 0.572. The van der Waals surface area contributed by atoms with Gasteiger partial charge in [0.1, 0.15) is 12.4 Å². The van der Waals surface area contributed by atoms with Crippen LogP contribution in [0.15, 0.2) is 24.3 Å². The number of rotatable bonds is 6. The molecule has 1 rings (SSSR count). The summed E-state index contributed by atoms with van der Waals surface area (Å²) in [6.45, 7) is 0.926. The molecule has 0 saturated heterocycles. The maximum Gasteiger partial charge on any atom is 0.223 e. The fourth-order valence-corrected chi connectivity index (χ4v) is 1.60. The highest BCUT2D eigenvalue weighted by molar-refractivity contribution is 6.32. The van der Waals surface area contributed by atoms with Crippen molar-refractivity contribution in [3.63, 3.8) is 0 Å². The predicted octanol–water partition coefficient (Wildman–Crippen LogP) is 2.81. The Morgan fingerprint density at radius 1 is 1.41 bits per heavy atom. The van der Waals surface area contributed by atoms with Crippen LogP contribution >= 0.6 is 23.2 Å². The molecule has 1 aromatic rings. The lowest BCUT2D eigenvalue weighted by Crippen LogP contribution is -2.30. The monoisotopic (exact) mass is 275 g/mol. The first kappa shape index (κ1) is 14.1. The minimum atomic E-state index is 0.0164. The highest BCUT2D eigenvalue weighted by atomic mass is 35.5. The number of nitrogens with zero attached hydrogens (tertiary/aromatic N) is 1. The fraction of sp³-hybridized carbons (Fsp3) is 0.417. The van der Waals surface area contributed by atoms with E-state index in [1.807, 2.05) is 12.1 Å². The Morgan fingerprint density at radius 3 is 2.76 bits per heavy atom. The third-order valence-electron chi connectivity index (χ3n) is 2.26. The van der Waals surface area contributed by atoms with Crippen LogP contribution < -0.4 is 4.74 Å². The number of likely N-dealkylation sites (N-methyl/N-ethyl adjacent to an activating group) is 1. The summed E-state index contributed by atoms with van der Waals surface area (Å²) in [5.41, 5.74) is 0. The molecule has 1 aromatic carbocycles. The number of carbonyl (C=O) groups excluding carboxylic acids is 1. The van der Waals surface area contributed by atoms with Crippen LogP contribution in [0, 0.1) is 0 Å². The SMILES string of the molecule is CN(CCOc1ccccc1Cl)C(=O)CCCl. The van der Waals surface area contributed by atoms with Crippen LogP contribution in [0.5, 0.6) is 5.75 Å². The van der Waals surface area contributed by atoms with Gasteiger partial charge in [-0.1, -0.05) is 23.7 Å². The van der Waals surface area contributed by atoms with E-state index in [-0.39, 0.29) is 5.91 Å². The molecule has 0 unspecified atom stereocenters. The molecule has 0 aliphatic rings. The normalized spacial score (nSPS) is 10.1. The summed E-state index contributed by atoms with van der Waals surface area (Å²) >= 11 is 11.4. The molecule has 0 bridgehead atoms. The van der Waals surface area contributed by atoms with Gasteiger partial charge in [0.05, 0.1) is 11.6 Å². The summed E-state index contributed by atoms with van der Waals surface area (Å²) in [4.78, 5) is 13.0. The smallest absolute Gasteiger partial charge is 0.223 e. The number of para-hydroxylation sites is 1. The van der Waals surface area contributed by atoms with E-state index < -0.39 is 0 Å². The second kappa shape index (κ2) is 7.41. The van der Waals surface area contributed by atoms with Crippen molar-refractivity contribution in [2.45, 2.75) is 6.42 Å². The zero-order valence-corrected chi connectivity index (χ0v) is 11.2. The number of carbonyl (C=O) groups is 1. The van der Waals surface area contributed by atoms with Crippen molar-refractivity contribution in [3.8, 4) is 5.75 Å². The van der Waals surface area contributed by atoms with Crippen LogP contribution in [0.3, 0.4) is 0 Å². The van der Waals surface area contributed by atoms with Gasteiger partial charge in [0.2, 0.25) is 5.91 Å². The molecule has 17 heavy (non-hydrogen) atoms. The average Bonchev–Trinajstić information content (AvgIpc) is 2.31. The molecule has 0 spiro atoms. The van der Waals surface area contributed by atoms with Gasteiger partial charge in [-0.25, -0.2) is 0 Å². The van der Waals surface area contributed by atoms with Crippen molar-refractivity contribution in [1.82, 2.24) is 4.90 Å². The van der Waals surface area contributed by atoms with Gasteiger partial charge in [-0.2, -0.15) is 0 Å². The number of benzene rings is 1. The van der Waals surface area contributed by atoms with Crippen LogP contribution in [-0.2, 0) is 4.79 Å². The van der Waals surface area contributed by atoms with Crippen LogP contribution in [0.1, 0.15) is 6.42 Å². The van der Waals surface area contributed by atoms with Crippen LogP contribution in [0.2, 0.25) is 5.02 Å². The molecule has 0 aliphatic heterocycles. The van der Waals surface area contributed by atoms with Crippen molar-refractivity contribution in [2.75, 3.05) is 26.1 Å². The number of halogens is 2. The second-order valence-corrected chi connectivity index (χ2v) is 4.32. The number of hydrogen-bond acceptors (Lipinski definition) is 2. The summed E-state index contributed by atoms with van der Waals surface area (Å²) < 4.78 is 5.48. The van der Waals surface area contributed by atoms with Crippen molar-refractivity contribution in [1.29, 1.82) is 0 Å². The standard InChI is InChI=1S/C12H15Cl2NO2/c1-15(12(16)6-7-13)8-9-17-11-5-3-2-4-10(11)14/h2-5H,6-9H2,1H3. The predicted molar refractivity (Wildman–Crippen MR) is 69.9 cm³/mol. The molecular weight excluding hydrogens is 261 g/mol. The number of hydrogen-bond donors (Lipinski definition) is 0. The maximum absolute atomic E-state index is 11.4. The summed E-state index contributed by atoms with van der Waals surface area (Å²) in [7, 11) is 1.73. The van der Waals surface area contributed by atoms with E-state index in [1.165, 1.54) is 0 Å². The Morgan fingerprint density at radius 2 is 2.12 bits per heavy atom. The number of ether oxygens (including phenoxy) is 1. The van der Waals surface area contributed by atoms with Crippen molar-refractivity contribution < 1.29 is 9.53 Å². The van der Waals surface area contributed by atoms with Crippen LogP contribution in [0.25, 0.3) is 0 Å². The lowest BCUT2D eigenvalue weighted by Gasteiger charge is -2.17. The Kier molecular flexibility index (Phi) is 6.16. The van der Waals surface area contributed by atoms with E-state index in [0.717, 1.165) is 0 Å². The lowest BCUT2D eigenvalue weighted by atomic mass is 10.3. The van der Waals surface area contributed by atoms with E-state index in [0.29, 0.717) is 36.2 Å². The molecule has 0 N–H and O–H groups in total.